The van der Waals surface area contributed by atoms with Gasteiger partial charge in [-0.2, -0.15) is 0 Å². The fraction of sp³-hybridized carbons (Fsp3) is 0.643. The average molecular weight is 267 g/mol. The quantitative estimate of drug-likeness (QED) is 0.880. The first kappa shape index (κ1) is 13.6. The van der Waals surface area contributed by atoms with Gasteiger partial charge in [0.1, 0.15) is 0 Å². The summed E-state index contributed by atoms with van der Waals surface area (Å²) < 4.78 is 0. The van der Waals surface area contributed by atoms with Crippen molar-refractivity contribution < 1.29 is 9.90 Å². The Bertz CT molecular complexity index is 427. The summed E-state index contributed by atoms with van der Waals surface area (Å²) in [6, 6.07) is 0. The fourth-order valence-corrected chi connectivity index (χ4v) is 3.56. The van der Waals surface area contributed by atoms with E-state index in [4.69, 9.17) is 0 Å². The lowest BCUT2D eigenvalue weighted by Gasteiger charge is -2.19. The number of aliphatic hydroxyl groups excluding tert-OH is 1. The van der Waals surface area contributed by atoms with Crippen LogP contribution in [-0.2, 0) is 12.8 Å². The maximum Gasteiger partial charge on any atom is 0.252 e. The first-order valence-electron chi connectivity index (χ1n) is 6.67. The molecule has 1 aromatic rings. The van der Waals surface area contributed by atoms with Gasteiger partial charge in [-0.25, -0.2) is 0 Å². The Kier molecular flexibility index (Phi) is 4.40. The average Bonchev–Trinajstić information content (AvgIpc) is 2.78. The molecule has 0 saturated carbocycles. The van der Waals surface area contributed by atoms with E-state index in [9.17, 15) is 9.90 Å². The van der Waals surface area contributed by atoms with Crippen LogP contribution in [0.4, 0.5) is 0 Å². The molecule has 0 bridgehead atoms. The Hall–Kier alpha value is -0.870. The van der Waals surface area contributed by atoms with E-state index in [1.54, 1.807) is 11.3 Å². The van der Waals surface area contributed by atoms with E-state index in [1.807, 2.05) is 12.3 Å². The zero-order valence-electron chi connectivity index (χ0n) is 11.0. The lowest BCUT2D eigenvalue weighted by atomic mass is 9.88. The predicted octanol–water partition coefficient (Wildman–Crippen LogP) is 2.37. The highest BCUT2D eigenvalue weighted by molar-refractivity contribution is 7.10. The molecule has 2 N–H and O–H groups in total. The summed E-state index contributed by atoms with van der Waals surface area (Å²) in [5.41, 5.74) is 2.06. The van der Waals surface area contributed by atoms with Crippen LogP contribution in [0.5, 0.6) is 0 Å². The lowest BCUT2D eigenvalue weighted by Crippen LogP contribution is -2.32. The first-order valence-corrected chi connectivity index (χ1v) is 7.55. The summed E-state index contributed by atoms with van der Waals surface area (Å²) in [5, 5.41) is 14.2. The van der Waals surface area contributed by atoms with Gasteiger partial charge in [0.05, 0.1) is 11.7 Å². The maximum atomic E-state index is 12.1. The summed E-state index contributed by atoms with van der Waals surface area (Å²) in [6.45, 7) is 4.51. The van der Waals surface area contributed by atoms with Crippen LogP contribution < -0.4 is 5.32 Å². The van der Waals surface area contributed by atoms with Crippen LogP contribution >= 0.6 is 11.3 Å². The summed E-state index contributed by atoms with van der Waals surface area (Å²) in [5.74, 6) is 0.698. The monoisotopic (exact) mass is 267 g/mol. The van der Waals surface area contributed by atoms with Crippen LogP contribution in [0, 0.1) is 5.92 Å². The third kappa shape index (κ3) is 2.93. The number of rotatable bonds is 4. The standard InChI is InChI=1S/C14H21NO2S/c1-3-10(16)7-15-14(17)12-8-18-13-6-9(2)4-5-11(12)13/h8-10,16H,3-7H2,1-2H3,(H,15,17). The Balaban J connectivity index is 2.03. The van der Waals surface area contributed by atoms with Gasteiger partial charge in [-0.3, -0.25) is 4.79 Å². The largest absolute Gasteiger partial charge is 0.391 e. The van der Waals surface area contributed by atoms with Crippen molar-refractivity contribution in [3.63, 3.8) is 0 Å². The van der Waals surface area contributed by atoms with Gasteiger partial charge in [0.25, 0.3) is 5.91 Å². The molecule has 1 aliphatic rings. The Labute approximate surface area is 112 Å². The molecular formula is C14H21NO2S. The van der Waals surface area contributed by atoms with Crippen molar-refractivity contribution in [2.75, 3.05) is 6.54 Å². The highest BCUT2D eigenvalue weighted by Crippen LogP contribution is 2.32. The van der Waals surface area contributed by atoms with Gasteiger partial charge in [0.15, 0.2) is 0 Å². The fourth-order valence-electron chi connectivity index (χ4n) is 2.32. The van der Waals surface area contributed by atoms with E-state index in [-0.39, 0.29) is 5.91 Å². The van der Waals surface area contributed by atoms with Crippen LogP contribution in [0.3, 0.4) is 0 Å². The third-order valence-electron chi connectivity index (χ3n) is 3.62. The van der Waals surface area contributed by atoms with Crippen LogP contribution in [0.25, 0.3) is 0 Å². The third-order valence-corrected chi connectivity index (χ3v) is 4.67. The molecular weight excluding hydrogens is 246 g/mol. The summed E-state index contributed by atoms with van der Waals surface area (Å²) in [6.07, 6.45) is 3.51. The molecule has 0 radical (unpaired) electrons. The topological polar surface area (TPSA) is 49.3 Å². The summed E-state index contributed by atoms with van der Waals surface area (Å²) in [4.78, 5) is 13.4. The minimum Gasteiger partial charge on any atom is -0.391 e. The van der Waals surface area contributed by atoms with Gasteiger partial charge in [-0.15, -0.1) is 11.3 Å². The van der Waals surface area contributed by atoms with Crippen molar-refractivity contribution in [2.45, 2.75) is 45.6 Å². The van der Waals surface area contributed by atoms with Gasteiger partial charge in [0, 0.05) is 16.8 Å². The number of aliphatic hydroxyl groups is 1. The molecule has 2 rings (SSSR count). The van der Waals surface area contributed by atoms with Crippen molar-refractivity contribution in [1.29, 1.82) is 0 Å². The summed E-state index contributed by atoms with van der Waals surface area (Å²) >= 11 is 1.70. The number of carbonyl (C=O) groups is 1. The molecule has 0 aromatic carbocycles. The molecule has 1 aliphatic carbocycles. The van der Waals surface area contributed by atoms with E-state index in [0.717, 1.165) is 24.3 Å². The highest BCUT2D eigenvalue weighted by atomic mass is 32.1. The van der Waals surface area contributed by atoms with E-state index in [1.165, 1.54) is 16.9 Å². The second-order valence-corrected chi connectivity index (χ2v) is 6.14. The number of thiophene rings is 1. The van der Waals surface area contributed by atoms with E-state index in [0.29, 0.717) is 13.0 Å². The Morgan fingerprint density at radius 1 is 1.67 bits per heavy atom. The smallest absolute Gasteiger partial charge is 0.252 e. The highest BCUT2D eigenvalue weighted by Gasteiger charge is 2.23. The van der Waals surface area contributed by atoms with Crippen LogP contribution in [0.15, 0.2) is 5.38 Å². The van der Waals surface area contributed by atoms with Gasteiger partial charge < -0.3 is 10.4 Å². The molecule has 0 aliphatic heterocycles. The second-order valence-electron chi connectivity index (χ2n) is 5.17. The molecule has 0 spiro atoms. The van der Waals surface area contributed by atoms with E-state index in [2.05, 4.69) is 12.2 Å². The minimum absolute atomic E-state index is 0.0328. The number of fused-ring (bicyclic) bond motifs is 1. The molecule has 18 heavy (non-hydrogen) atoms. The summed E-state index contributed by atoms with van der Waals surface area (Å²) in [7, 11) is 0. The van der Waals surface area contributed by atoms with Crippen molar-refractivity contribution in [2.24, 2.45) is 5.92 Å². The Morgan fingerprint density at radius 2 is 2.44 bits per heavy atom. The molecule has 1 heterocycles. The van der Waals surface area contributed by atoms with E-state index >= 15 is 0 Å². The van der Waals surface area contributed by atoms with Gasteiger partial charge >= 0.3 is 0 Å². The molecule has 3 nitrogen and oxygen atoms in total. The maximum absolute atomic E-state index is 12.1. The second kappa shape index (κ2) is 5.85. The van der Waals surface area contributed by atoms with Gasteiger partial charge in [-0.05, 0) is 37.2 Å². The molecule has 0 saturated heterocycles. The van der Waals surface area contributed by atoms with Crippen molar-refractivity contribution >= 4 is 17.2 Å². The van der Waals surface area contributed by atoms with Crippen LogP contribution in [0.2, 0.25) is 0 Å². The number of amides is 1. The van der Waals surface area contributed by atoms with E-state index < -0.39 is 6.10 Å². The van der Waals surface area contributed by atoms with Crippen molar-refractivity contribution in [3.05, 3.63) is 21.4 Å². The number of carbonyl (C=O) groups excluding carboxylic acids is 1. The van der Waals surface area contributed by atoms with Crippen LogP contribution in [-0.4, -0.2) is 23.7 Å². The molecule has 1 aromatic heterocycles. The van der Waals surface area contributed by atoms with Gasteiger partial charge in [0.2, 0.25) is 0 Å². The zero-order chi connectivity index (χ0) is 13.1. The number of hydrogen-bond donors (Lipinski definition) is 2. The molecule has 2 unspecified atom stereocenters. The van der Waals surface area contributed by atoms with Crippen LogP contribution in [0.1, 0.15) is 47.5 Å². The Morgan fingerprint density at radius 3 is 3.17 bits per heavy atom. The normalized spacial score (nSPS) is 20.3. The molecule has 1 amide bonds. The molecule has 2 atom stereocenters. The molecule has 0 fully saturated rings. The molecule has 100 valence electrons. The number of hydrogen-bond acceptors (Lipinski definition) is 3. The lowest BCUT2D eigenvalue weighted by molar-refractivity contribution is 0.0913. The zero-order valence-corrected chi connectivity index (χ0v) is 11.8. The van der Waals surface area contributed by atoms with Gasteiger partial charge in [-0.1, -0.05) is 13.8 Å². The van der Waals surface area contributed by atoms with Crippen molar-refractivity contribution in [3.8, 4) is 0 Å². The van der Waals surface area contributed by atoms with Crippen molar-refractivity contribution in [1.82, 2.24) is 5.32 Å². The molecule has 4 heteroatoms. The minimum atomic E-state index is -0.441. The number of nitrogens with one attached hydrogen (secondary N) is 1. The first-order chi connectivity index (χ1) is 8.61. The predicted molar refractivity (Wildman–Crippen MR) is 74.1 cm³/mol. The SMILES string of the molecule is CCC(O)CNC(=O)c1csc2c1CCC(C)C2.